The fraction of sp³-hybridized carbons (Fsp3) is 0.538. The zero-order valence-corrected chi connectivity index (χ0v) is 13.4. The zero-order valence-electron chi connectivity index (χ0n) is 12.6. The van der Waals surface area contributed by atoms with Crippen molar-refractivity contribution in [2.45, 2.75) is 20.3 Å². The largest absolute Gasteiger partial charge is 0.478 e. The van der Waals surface area contributed by atoms with E-state index in [9.17, 15) is 0 Å². The Labute approximate surface area is 133 Å². The fourth-order valence-electron chi connectivity index (χ4n) is 1.89. The Hall–Kier alpha value is -1.71. The van der Waals surface area contributed by atoms with E-state index in [1.54, 1.807) is 11.9 Å². The lowest BCUT2D eigenvalue weighted by molar-refractivity contribution is -0.159. The number of hydrazine groups is 1. The van der Waals surface area contributed by atoms with Gasteiger partial charge in [0.1, 0.15) is 0 Å². The molecule has 9 heteroatoms. The van der Waals surface area contributed by atoms with Gasteiger partial charge in [-0.3, -0.25) is 4.90 Å². The van der Waals surface area contributed by atoms with Crippen LogP contribution in [-0.4, -0.2) is 58.3 Å². The van der Waals surface area contributed by atoms with Gasteiger partial charge in [0.2, 0.25) is 5.88 Å². The molecule has 2 rings (SSSR count). The van der Waals surface area contributed by atoms with Crippen LogP contribution in [0.15, 0.2) is 23.1 Å². The molecule has 124 valence electrons. The molecule has 22 heavy (non-hydrogen) atoms. The highest BCUT2D eigenvalue weighted by Gasteiger charge is 2.23. The number of carboxylic acids is 2. The normalized spacial score (nSPS) is 18.0. The quantitative estimate of drug-likeness (QED) is 0.515. The first-order valence-corrected chi connectivity index (χ1v) is 7.79. The Bertz CT molecular complexity index is 455. The smallest absolute Gasteiger partial charge is 0.414 e. The topological polar surface area (TPSA) is 102 Å². The summed E-state index contributed by atoms with van der Waals surface area (Å²) >= 11 is 1.56. The van der Waals surface area contributed by atoms with Crippen molar-refractivity contribution < 1.29 is 24.5 Å². The van der Waals surface area contributed by atoms with Crippen molar-refractivity contribution >= 4 is 23.9 Å². The first-order valence-electron chi connectivity index (χ1n) is 6.91. The van der Waals surface area contributed by atoms with E-state index in [4.69, 9.17) is 24.5 Å². The van der Waals surface area contributed by atoms with E-state index < -0.39 is 11.9 Å². The minimum Gasteiger partial charge on any atom is -0.478 e. The molecule has 0 bridgehead atoms. The molecule has 0 amide bonds. The van der Waals surface area contributed by atoms with Gasteiger partial charge in [-0.15, -0.1) is 0 Å². The molecule has 0 saturated carbocycles. The Morgan fingerprint density at radius 2 is 2.05 bits per heavy atom. The summed E-state index contributed by atoms with van der Waals surface area (Å²) in [7, 11) is 0. The summed E-state index contributed by atoms with van der Waals surface area (Å²) in [4.78, 5) is 23.9. The number of nitrogens with one attached hydrogen (secondary N) is 1. The first-order chi connectivity index (χ1) is 10.5. The van der Waals surface area contributed by atoms with Crippen LogP contribution in [0.4, 0.5) is 0 Å². The fourth-order valence-corrected chi connectivity index (χ4v) is 2.53. The third-order valence-corrected chi connectivity index (χ3v) is 3.55. The van der Waals surface area contributed by atoms with E-state index in [-0.39, 0.29) is 0 Å². The molecule has 0 radical (unpaired) electrons. The highest BCUT2D eigenvalue weighted by atomic mass is 32.2. The highest BCUT2D eigenvalue weighted by Crippen LogP contribution is 2.25. The molecule has 0 spiro atoms. The van der Waals surface area contributed by atoms with Crippen molar-refractivity contribution in [2.75, 3.05) is 26.2 Å². The SMILES string of the molecule is CCOC1=CSNN1C1=CCCN(CC)C1.O=C(O)C(=O)O. The second-order valence-electron chi connectivity index (χ2n) is 4.40. The number of carbonyl (C=O) groups is 2. The molecule has 0 aromatic rings. The lowest BCUT2D eigenvalue weighted by Gasteiger charge is -2.31. The molecular formula is C13H21N3O5S. The van der Waals surface area contributed by atoms with Crippen molar-refractivity contribution in [3.8, 4) is 0 Å². The van der Waals surface area contributed by atoms with Crippen LogP contribution in [0.2, 0.25) is 0 Å². The molecule has 0 unspecified atom stereocenters. The van der Waals surface area contributed by atoms with Gasteiger partial charge in [0, 0.05) is 24.2 Å². The molecule has 0 aromatic carbocycles. The number of hydrogen-bond acceptors (Lipinski definition) is 7. The molecule has 2 aliphatic rings. The lowest BCUT2D eigenvalue weighted by atomic mass is 10.2. The van der Waals surface area contributed by atoms with E-state index in [1.807, 2.05) is 12.3 Å². The minimum absolute atomic E-state index is 0.704. The molecule has 2 heterocycles. The number of hydrogen-bond donors (Lipinski definition) is 3. The predicted molar refractivity (Wildman–Crippen MR) is 82.4 cm³/mol. The van der Waals surface area contributed by atoms with Crippen LogP contribution in [-0.2, 0) is 14.3 Å². The van der Waals surface area contributed by atoms with Crippen molar-refractivity contribution in [1.29, 1.82) is 0 Å². The summed E-state index contributed by atoms with van der Waals surface area (Å²) in [5.74, 6) is -2.73. The summed E-state index contributed by atoms with van der Waals surface area (Å²) in [6.07, 6.45) is 3.41. The summed E-state index contributed by atoms with van der Waals surface area (Å²) < 4.78 is 5.58. The zero-order chi connectivity index (χ0) is 16.5. The van der Waals surface area contributed by atoms with Crippen molar-refractivity contribution in [2.24, 2.45) is 0 Å². The summed E-state index contributed by atoms with van der Waals surface area (Å²) in [6.45, 7) is 8.18. The Kier molecular flexibility index (Phi) is 7.78. The van der Waals surface area contributed by atoms with Gasteiger partial charge in [0.15, 0.2) is 0 Å². The number of carboxylic acid groups (broad SMARTS) is 2. The van der Waals surface area contributed by atoms with Gasteiger partial charge in [-0.25, -0.2) is 14.6 Å². The van der Waals surface area contributed by atoms with E-state index in [0.717, 1.165) is 31.9 Å². The van der Waals surface area contributed by atoms with E-state index in [2.05, 4.69) is 27.7 Å². The number of nitrogens with zero attached hydrogens (tertiary/aromatic N) is 2. The average molecular weight is 331 g/mol. The van der Waals surface area contributed by atoms with Crippen molar-refractivity contribution in [3.05, 3.63) is 23.1 Å². The predicted octanol–water partition coefficient (Wildman–Crippen LogP) is 1.06. The monoisotopic (exact) mass is 331 g/mol. The highest BCUT2D eigenvalue weighted by molar-refractivity contribution is 8.00. The van der Waals surface area contributed by atoms with Gasteiger partial charge in [-0.05, 0) is 31.8 Å². The van der Waals surface area contributed by atoms with E-state index in [1.165, 1.54) is 5.70 Å². The van der Waals surface area contributed by atoms with Crippen LogP contribution in [0.3, 0.4) is 0 Å². The van der Waals surface area contributed by atoms with Gasteiger partial charge in [-0.1, -0.05) is 13.0 Å². The van der Waals surface area contributed by atoms with E-state index >= 15 is 0 Å². The molecular weight excluding hydrogens is 310 g/mol. The van der Waals surface area contributed by atoms with Gasteiger partial charge in [0.25, 0.3) is 0 Å². The molecule has 0 aliphatic carbocycles. The average Bonchev–Trinajstić information content (AvgIpc) is 2.96. The number of ether oxygens (including phenoxy) is 1. The maximum atomic E-state index is 9.10. The third kappa shape index (κ3) is 5.58. The Morgan fingerprint density at radius 1 is 1.36 bits per heavy atom. The number of likely N-dealkylation sites (N-methyl/N-ethyl adjacent to an activating group) is 1. The van der Waals surface area contributed by atoms with Crippen LogP contribution in [0, 0.1) is 0 Å². The number of rotatable bonds is 4. The molecule has 0 fully saturated rings. The summed E-state index contributed by atoms with van der Waals surface area (Å²) in [6, 6.07) is 0. The first kappa shape index (κ1) is 18.3. The van der Waals surface area contributed by atoms with Crippen LogP contribution < -0.4 is 4.83 Å². The van der Waals surface area contributed by atoms with Crippen molar-refractivity contribution in [1.82, 2.24) is 14.7 Å². The molecule has 2 aliphatic heterocycles. The lowest BCUT2D eigenvalue weighted by Crippen LogP contribution is -2.39. The van der Waals surface area contributed by atoms with E-state index in [0.29, 0.717) is 6.61 Å². The standard InChI is InChI=1S/C11H19N3OS.C2H2O4/c1-3-13-7-5-6-10(8-13)14-11(15-4-2)9-16-12-14;3-1(4)2(5)6/h6,9,12H,3-5,7-8H2,1-2H3;(H,3,4)(H,5,6). The van der Waals surface area contributed by atoms with Gasteiger partial charge in [0.05, 0.1) is 6.61 Å². The maximum absolute atomic E-state index is 9.10. The Morgan fingerprint density at radius 3 is 2.59 bits per heavy atom. The second-order valence-corrected chi connectivity index (χ2v) is 5.05. The molecule has 0 saturated heterocycles. The van der Waals surface area contributed by atoms with Crippen LogP contribution in [0.1, 0.15) is 20.3 Å². The third-order valence-electron chi connectivity index (χ3n) is 2.94. The molecule has 8 nitrogen and oxygen atoms in total. The minimum atomic E-state index is -1.82. The molecule has 3 N–H and O–H groups in total. The van der Waals surface area contributed by atoms with Gasteiger partial charge >= 0.3 is 11.9 Å². The summed E-state index contributed by atoms with van der Waals surface area (Å²) in [5.41, 5.74) is 1.29. The number of aliphatic carboxylic acids is 2. The second kappa shape index (κ2) is 9.34. The van der Waals surface area contributed by atoms with Crippen LogP contribution in [0.5, 0.6) is 0 Å². The van der Waals surface area contributed by atoms with Gasteiger partial charge < -0.3 is 14.9 Å². The Balaban J connectivity index is 0.000000346. The van der Waals surface area contributed by atoms with Crippen molar-refractivity contribution in [3.63, 3.8) is 0 Å². The summed E-state index contributed by atoms with van der Waals surface area (Å²) in [5, 5.41) is 18.8. The van der Waals surface area contributed by atoms with Gasteiger partial charge in [-0.2, -0.15) is 4.83 Å². The molecule has 0 aromatic heterocycles. The maximum Gasteiger partial charge on any atom is 0.414 e. The van der Waals surface area contributed by atoms with Crippen LogP contribution in [0.25, 0.3) is 0 Å². The molecule has 0 atom stereocenters. The van der Waals surface area contributed by atoms with Crippen LogP contribution >= 0.6 is 11.9 Å².